The molecule has 0 N–H and O–H groups in total. The molecule has 1 spiro atoms. The van der Waals surface area contributed by atoms with E-state index in [1.54, 1.807) is 17.0 Å². The van der Waals surface area contributed by atoms with Gasteiger partial charge in [0.2, 0.25) is 5.76 Å². The van der Waals surface area contributed by atoms with E-state index in [1.165, 1.54) is 22.3 Å². The number of rotatable bonds is 3. The highest BCUT2D eigenvalue weighted by atomic mass is 35.5. The molecule has 9 heteroatoms. The molecule has 0 saturated carbocycles. The molecule has 39 heavy (non-hydrogen) atoms. The third-order valence-electron chi connectivity index (χ3n) is 7.54. The van der Waals surface area contributed by atoms with E-state index in [-0.39, 0.29) is 28.2 Å². The van der Waals surface area contributed by atoms with Gasteiger partial charge in [-0.1, -0.05) is 54.1 Å². The van der Waals surface area contributed by atoms with Gasteiger partial charge in [0.05, 0.1) is 26.9 Å². The van der Waals surface area contributed by atoms with Crippen molar-refractivity contribution in [2.75, 3.05) is 16.3 Å². The summed E-state index contributed by atoms with van der Waals surface area (Å²) in [7, 11) is 0. The van der Waals surface area contributed by atoms with Crippen LogP contribution in [-0.2, 0) is 10.3 Å². The van der Waals surface area contributed by atoms with E-state index in [0.717, 1.165) is 21.3 Å². The van der Waals surface area contributed by atoms with E-state index < -0.39 is 16.9 Å². The Morgan fingerprint density at radius 3 is 2.64 bits per heavy atom. The Balaban J connectivity index is 1.63. The van der Waals surface area contributed by atoms with Gasteiger partial charge >= 0.3 is 0 Å². The molecular weight excluding hydrogens is 534 g/mol. The Morgan fingerprint density at radius 2 is 1.85 bits per heavy atom. The predicted octanol–water partition coefficient (Wildman–Crippen LogP) is 6.33. The van der Waals surface area contributed by atoms with Gasteiger partial charge in [0.25, 0.3) is 11.8 Å². The van der Waals surface area contributed by atoms with Crippen LogP contribution in [-0.4, -0.2) is 23.3 Å². The fourth-order valence-corrected chi connectivity index (χ4v) is 7.40. The van der Waals surface area contributed by atoms with E-state index in [9.17, 15) is 14.4 Å². The molecule has 1 unspecified atom stereocenters. The minimum Gasteiger partial charge on any atom is -0.450 e. The third-order valence-corrected chi connectivity index (χ3v) is 8.77. The van der Waals surface area contributed by atoms with Gasteiger partial charge in [0, 0.05) is 17.1 Å². The largest absolute Gasteiger partial charge is 0.450 e. The molecule has 0 aliphatic carbocycles. The normalized spacial score (nSPS) is 18.2. The number of hydrogen-bond acceptors (Lipinski definition) is 6. The van der Waals surface area contributed by atoms with Gasteiger partial charge in [0.1, 0.15) is 5.58 Å². The number of para-hydroxylation sites is 1. The maximum Gasteiger partial charge on any atom is 0.297 e. The lowest BCUT2D eigenvalue weighted by atomic mass is 9.84. The average molecular weight is 556 g/mol. The summed E-state index contributed by atoms with van der Waals surface area (Å²) >= 11 is 7.57. The van der Waals surface area contributed by atoms with Crippen molar-refractivity contribution in [3.63, 3.8) is 0 Å². The van der Waals surface area contributed by atoms with E-state index in [1.807, 2.05) is 57.2 Å². The standard InChI is InChI=1S/C30H22ClN3O4S/c1-4-11-33-20-8-6-5-7-19(20)30(28(33)37)23-25(35)18-14-17(31)9-10-21(18)38-26(23)27(36)34(30)29-32-24-16(3)12-15(2)13-22(24)39-29/h5-10,12-14H,4,11H2,1-3H3. The molecule has 2 amide bonds. The second-order valence-electron chi connectivity index (χ2n) is 10.0. The maximum atomic E-state index is 14.7. The summed E-state index contributed by atoms with van der Waals surface area (Å²) in [4.78, 5) is 51.2. The molecule has 0 bridgehead atoms. The molecule has 2 aromatic heterocycles. The number of carbonyl (C=O) groups excluding carboxylic acids is 2. The second-order valence-corrected chi connectivity index (χ2v) is 11.5. The average Bonchev–Trinajstić information content (AvgIpc) is 3.51. The summed E-state index contributed by atoms with van der Waals surface area (Å²) in [6.45, 7) is 6.38. The van der Waals surface area contributed by atoms with Gasteiger partial charge in [-0.05, 0) is 61.7 Å². The van der Waals surface area contributed by atoms with Crippen LogP contribution in [0.4, 0.5) is 10.8 Å². The highest BCUT2D eigenvalue weighted by molar-refractivity contribution is 7.22. The van der Waals surface area contributed by atoms with Crippen molar-refractivity contribution < 1.29 is 14.0 Å². The zero-order valence-corrected chi connectivity index (χ0v) is 22.9. The first-order valence-corrected chi connectivity index (χ1v) is 13.9. The summed E-state index contributed by atoms with van der Waals surface area (Å²) in [5.41, 5.74) is 2.01. The lowest BCUT2D eigenvalue weighted by Gasteiger charge is -2.32. The van der Waals surface area contributed by atoms with Crippen molar-refractivity contribution in [3.8, 4) is 0 Å². The van der Waals surface area contributed by atoms with Crippen molar-refractivity contribution in [1.82, 2.24) is 4.98 Å². The Kier molecular flexibility index (Phi) is 5.09. The van der Waals surface area contributed by atoms with Crippen LogP contribution in [0, 0.1) is 13.8 Å². The molecule has 3 aromatic carbocycles. The number of anilines is 2. The molecule has 0 radical (unpaired) electrons. The molecule has 7 rings (SSSR count). The number of aryl methyl sites for hydroxylation is 2. The number of fused-ring (bicyclic) bond motifs is 6. The highest BCUT2D eigenvalue weighted by Gasteiger charge is 2.66. The molecule has 0 fully saturated rings. The number of amides is 2. The van der Waals surface area contributed by atoms with Crippen molar-refractivity contribution in [2.24, 2.45) is 0 Å². The lowest BCUT2D eigenvalue weighted by Crippen LogP contribution is -2.53. The Hall–Kier alpha value is -4.01. The van der Waals surface area contributed by atoms with E-state index >= 15 is 0 Å². The van der Waals surface area contributed by atoms with Crippen molar-refractivity contribution in [2.45, 2.75) is 32.7 Å². The molecule has 0 saturated heterocycles. The first kappa shape index (κ1) is 24.1. The summed E-state index contributed by atoms with van der Waals surface area (Å²) < 4.78 is 7.01. The van der Waals surface area contributed by atoms with Crippen molar-refractivity contribution in [3.05, 3.63) is 97.9 Å². The predicted molar refractivity (Wildman–Crippen MR) is 153 cm³/mol. The summed E-state index contributed by atoms with van der Waals surface area (Å²) in [5.74, 6) is -1.10. The van der Waals surface area contributed by atoms with E-state index in [0.29, 0.717) is 34.4 Å². The number of aromatic nitrogens is 1. The van der Waals surface area contributed by atoms with Gasteiger partial charge in [-0.2, -0.15) is 0 Å². The lowest BCUT2D eigenvalue weighted by molar-refractivity contribution is -0.121. The van der Waals surface area contributed by atoms with Crippen molar-refractivity contribution in [1.29, 1.82) is 0 Å². The van der Waals surface area contributed by atoms with Crippen LogP contribution in [0.3, 0.4) is 0 Å². The molecule has 194 valence electrons. The Bertz CT molecular complexity index is 1960. The van der Waals surface area contributed by atoms with E-state index in [2.05, 4.69) is 0 Å². The highest BCUT2D eigenvalue weighted by Crippen LogP contribution is 2.55. The quantitative estimate of drug-likeness (QED) is 0.260. The summed E-state index contributed by atoms with van der Waals surface area (Å²) in [6.07, 6.45) is 0.693. The van der Waals surface area contributed by atoms with Crippen LogP contribution in [0.2, 0.25) is 5.02 Å². The molecule has 7 nitrogen and oxygen atoms in total. The van der Waals surface area contributed by atoms with Crippen LogP contribution >= 0.6 is 22.9 Å². The third kappa shape index (κ3) is 3.04. The monoisotopic (exact) mass is 555 g/mol. The fourth-order valence-electron chi connectivity index (χ4n) is 6.04. The zero-order chi connectivity index (χ0) is 27.2. The smallest absolute Gasteiger partial charge is 0.297 e. The number of hydrogen-bond donors (Lipinski definition) is 0. The second kappa shape index (κ2) is 8.24. The number of benzene rings is 3. The van der Waals surface area contributed by atoms with Crippen LogP contribution in [0.25, 0.3) is 21.2 Å². The number of halogens is 1. The number of carbonyl (C=O) groups is 2. The van der Waals surface area contributed by atoms with Crippen LogP contribution in [0.1, 0.15) is 46.2 Å². The molecule has 1 atom stereocenters. The van der Waals surface area contributed by atoms with Gasteiger partial charge < -0.3 is 9.32 Å². The fraction of sp³-hybridized carbons (Fsp3) is 0.200. The SMILES string of the molecule is CCCN1C(=O)C2(c3ccccc31)c1c(oc3ccc(Cl)cc3c1=O)C(=O)N2c1nc2c(C)cc(C)cc2s1. The minimum absolute atomic E-state index is 0.00507. The molecule has 5 aromatic rings. The van der Waals surface area contributed by atoms with E-state index in [4.69, 9.17) is 21.0 Å². The van der Waals surface area contributed by atoms with Gasteiger partial charge in [-0.3, -0.25) is 19.3 Å². The molecular formula is C30H22ClN3O4S. The Morgan fingerprint density at radius 1 is 1.05 bits per heavy atom. The first-order chi connectivity index (χ1) is 18.8. The zero-order valence-electron chi connectivity index (χ0n) is 21.4. The van der Waals surface area contributed by atoms with Gasteiger partial charge in [-0.15, -0.1) is 0 Å². The van der Waals surface area contributed by atoms with Crippen LogP contribution < -0.4 is 15.2 Å². The molecule has 4 heterocycles. The van der Waals surface area contributed by atoms with Crippen LogP contribution in [0.15, 0.2) is 63.8 Å². The molecule has 2 aliphatic heterocycles. The minimum atomic E-state index is -1.76. The maximum absolute atomic E-state index is 14.7. The molecule has 2 aliphatic rings. The summed E-state index contributed by atoms with van der Waals surface area (Å²) in [5, 5.41) is 0.899. The number of thiazole rings is 1. The van der Waals surface area contributed by atoms with Gasteiger partial charge in [0.15, 0.2) is 16.1 Å². The summed E-state index contributed by atoms with van der Waals surface area (Å²) in [6, 6.07) is 16.1. The van der Waals surface area contributed by atoms with Gasteiger partial charge in [-0.25, -0.2) is 4.98 Å². The first-order valence-electron chi connectivity index (χ1n) is 12.7. The Labute approximate surface area is 232 Å². The van der Waals surface area contributed by atoms with Crippen molar-refractivity contribution >= 4 is 66.8 Å². The topological polar surface area (TPSA) is 83.7 Å². The number of nitrogens with zero attached hydrogens (tertiary/aromatic N) is 3. The van der Waals surface area contributed by atoms with Crippen LogP contribution in [0.5, 0.6) is 0 Å².